The highest BCUT2D eigenvalue weighted by atomic mass is 32.2. The molecule has 8 heteroatoms. The fraction of sp³-hybridized carbons (Fsp3) is 0.579. The Labute approximate surface area is 161 Å². The monoisotopic (exact) mass is 395 g/mol. The summed E-state index contributed by atoms with van der Waals surface area (Å²) in [6.45, 7) is 8.47. The molecule has 2 N–H and O–H groups in total. The van der Waals surface area contributed by atoms with Gasteiger partial charge < -0.3 is 10.2 Å². The third-order valence-corrected chi connectivity index (χ3v) is 6.14. The SMILES string of the molecule is CCc1ccc(S(=O)(=O)NCCNC(=O)C2CC(=O)N(C(C)(C)C)C2)cc1. The smallest absolute Gasteiger partial charge is 0.240 e. The lowest BCUT2D eigenvalue weighted by molar-refractivity contribution is -0.132. The van der Waals surface area contributed by atoms with Crippen molar-refractivity contribution in [1.82, 2.24) is 14.9 Å². The van der Waals surface area contributed by atoms with Crippen LogP contribution in [0.2, 0.25) is 0 Å². The first kappa shape index (κ1) is 21.4. The van der Waals surface area contributed by atoms with Gasteiger partial charge in [-0.25, -0.2) is 13.1 Å². The van der Waals surface area contributed by atoms with Crippen LogP contribution in [0.15, 0.2) is 29.2 Å². The molecule has 1 heterocycles. The Hall–Kier alpha value is -1.93. The van der Waals surface area contributed by atoms with Gasteiger partial charge in [0.2, 0.25) is 21.8 Å². The van der Waals surface area contributed by atoms with Gasteiger partial charge in [0.1, 0.15) is 0 Å². The molecule has 1 saturated heterocycles. The van der Waals surface area contributed by atoms with Crippen LogP contribution in [0.5, 0.6) is 0 Å². The molecule has 2 rings (SSSR count). The Bertz CT molecular complexity index is 782. The van der Waals surface area contributed by atoms with E-state index < -0.39 is 15.9 Å². The van der Waals surface area contributed by atoms with E-state index in [1.807, 2.05) is 27.7 Å². The molecule has 0 aliphatic carbocycles. The number of nitrogens with zero attached hydrogens (tertiary/aromatic N) is 1. The molecule has 1 aliphatic heterocycles. The van der Waals surface area contributed by atoms with Crippen LogP contribution in [-0.4, -0.2) is 50.3 Å². The molecule has 1 aliphatic rings. The standard InChI is InChI=1S/C19H29N3O4S/c1-5-14-6-8-16(9-7-14)27(25,26)21-11-10-20-18(24)15-12-17(23)22(13-15)19(2,3)4/h6-9,15,21H,5,10-13H2,1-4H3,(H,20,24). The zero-order valence-corrected chi connectivity index (χ0v) is 17.2. The Morgan fingerprint density at radius 2 is 1.81 bits per heavy atom. The molecule has 2 amide bonds. The highest BCUT2D eigenvalue weighted by molar-refractivity contribution is 7.89. The fourth-order valence-electron chi connectivity index (χ4n) is 3.03. The number of carbonyl (C=O) groups excluding carboxylic acids is 2. The number of likely N-dealkylation sites (tertiary alicyclic amines) is 1. The van der Waals surface area contributed by atoms with E-state index in [2.05, 4.69) is 10.0 Å². The van der Waals surface area contributed by atoms with E-state index in [0.29, 0.717) is 6.54 Å². The molecule has 7 nitrogen and oxygen atoms in total. The number of aryl methyl sites for hydroxylation is 1. The lowest BCUT2D eigenvalue weighted by atomic mass is 10.1. The maximum absolute atomic E-state index is 12.3. The zero-order valence-electron chi connectivity index (χ0n) is 16.4. The number of hydrogen-bond acceptors (Lipinski definition) is 4. The van der Waals surface area contributed by atoms with Gasteiger partial charge in [-0.3, -0.25) is 9.59 Å². The lowest BCUT2D eigenvalue weighted by Gasteiger charge is -2.31. The summed E-state index contributed by atoms with van der Waals surface area (Å²) in [5, 5.41) is 2.71. The summed E-state index contributed by atoms with van der Waals surface area (Å²) >= 11 is 0. The summed E-state index contributed by atoms with van der Waals surface area (Å²) in [7, 11) is -3.60. The molecule has 0 bridgehead atoms. The summed E-state index contributed by atoms with van der Waals surface area (Å²) in [5.74, 6) is -0.643. The van der Waals surface area contributed by atoms with E-state index in [9.17, 15) is 18.0 Å². The average Bonchev–Trinajstić information content (AvgIpc) is 3.01. The summed E-state index contributed by atoms with van der Waals surface area (Å²) in [6, 6.07) is 6.72. The fourth-order valence-corrected chi connectivity index (χ4v) is 4.07. The molecule has 0 spiro atoms. The average molecular weight is 396 g/mol. The van der Waals surface area contributed by atoms with Gasteiger partial charge in [0.15, 0.2) is 0 Å². The number of sulfonamides is 1. The molecule has 0 aromatic heterocycles. The van der Waals surface area contributed by atoms with Gasteiger partial charge in [-0.05, 0) is 44.9 Å². The Morgan fingerprint density at radius 3 is 2.33 bits per heavy atom. The van der Waals surface area contributed by atoms with Gasteiger partial charge in [0, 0.05) is 31.6 Å². The van der Waals surface area contributed by atoms with Crippen molar-refractivity contribution in [2.75, 3.05) is 19.6 Å². The summed E-state index contributed by atoms with van der Waals surface area (Å²) in [6.07, 6.45) is 1.04. The third-order valence-electron chi connectivity index (χ3n) is 4.66. The van der Waals surface area contributed by atoms with Crippen LogP contribution in [0.4, 0.5) is 0 Å². The molecule has 150 valence electrons. The lowest BCUT2D eigenvalue weighted by Crippen LogP contribution is -2.43. The molecule has 27 heavy (non-hydrogen) atoms. The number of nitrogens with one attached hydrogen (secondary N) is 2. The van der Waals surface area contributed by atoms with E-state index in [4.69, 9.17) is 0 Å². The van der Waals surface area contributed by atoms with Gasteiger partial charge in [-0.15, -0.1) is 0 Å². The van der Waals surface area contributed by atoms with Crippen molar-refractivity contribution in [2.45, 2.75) is 51.0 Å². The van der Waals surface area contributed by atoms with Crippen LogP contribution >= 0.6 is 0 Å². The highest BCUT2D eigenvalue weighted by Gasteiger charge is 2.39. The maximum Gasteiger partial charge on any atom is 0.240 e. The number of carbonyl (C=O) groups is 2. The first-order chi connectivity index (χ1) is 12.5. The molecule has 0 radical (unpaired) electrons. The summed E-state index contributed by atoms with van der Waals surface area (Å²) in [4.78, 5) is 26.2. The predicted octanol–water partition coefficient (Wildman–Crippen LogP) is 1.29. The highest BCUT2D eigenvalue weighted by Crippen LogP contribution is 2.25. The van der Waals surface area contributed by atoms with Crippen LogP contribution in [0.3, 0.4) is 0 Å². The van der Waals surface area contributed by atoms with Crippen molar-refractivity contribution < 1.29 is 18.0 Å². The topological polar surface area (TPSA) is 95.6 Å². The van der Waals surface area contributed by atoms with E-state index >= 15 is 0 Å². The zero-order chi connectivity index (χ0) is 20.2. The number of amides is 2. The first-order valence-electron chi connectivity index (χ1n) is 9.21. The van der Waals surface area contributed by atoms with Crippen LogP contribution in [0, 0.1) is 5.92 Å². The quantitative estimate of drug-likeness (QED) is 0.680. The molecular formula is C19H29N3O4S. The van der Waals surface area contributed by atoms with Crippen molar-refractivity contribution >= 4 is 21.8 Å². The summed E-state index contributed by atoms with van der Waals surface area (Å²) < 4.78 is 27.0. The Morgan fingerprint density at radius 1 is 1.19 bits per heavy atom. The molecule has 1 atom stereocenters. The molecule has 1 fully saturated rings. The molecule has 1 aromatic carbocycles. The number of benzene rings is 1. The Balaban J connectivity index is 1.80. The van der Waals surface area contributed by atoms with Gasteiger partial charge in [-0.1, -0.05) is 19.1 Å². The second-order valence-electron chi connectivity index (χ2n) is 7.76. The van der Waals surface area contributed by atoms with Gasteiger partial charge in [-0.2, -0.15) is 0 Å². The van der Waals surface area contributed by atoms with E-state index in [1.165, 1.54) is 0 Å². The van der Waals surface area contributed by atoms with E-state index in [1.54, 1.807) is 29.2 Å². The molecule has 1 unspecified atom stereocenters. The largest absolute Gasteiger partial charge is 0.354 e. The molecule has 0 saturated carbocycles. The van der Waals surface area contributed by atoms with Crippen molar-refractivity contribution in [3.8, 4) is 0 Å². The van der Waals surface area contributed by atoms with Crippen molar-refractivity contribution in [3.63, 3.8) is 0 Å². The predicted molar refractivity (Wildman–Crippen MR) is 104 cm³/mol. The maximum atomic E-state index is 12.3. The molecule has 1 aromatic rings. The van der Waals surface area contributed by atoms with Crippen LogP contribution in [0.25, 0.3) is 0 Å². The number of hydrogen-bond donors (Lipinski definition) is 2. The van der Waals surface area contributed by atoms with Crippen molar-refractivity contribution in [1.29, 1.82) is 0 Å². The van der Waals surface area contributed by atoms with Gasteiger partial charge >= 0.3 is 0 Å². The second kappa shape index (κ2) is 8.39. The Kier molecular flexibility index (Phi) is 6.64. The third kappa shape index (κ3) is 5.52. The van der Waals surface area contributed by atoms with Crippen LogP contribution < -0.4 is 10.0 Å². The first-order valence-corrected chi connectivity index (χ1v) is 10.7. The summed E-state index contributed by atoms with van der Waals surface area (Å²) in [5.41, 5.74) is 0.756. The molecular weight excluding hydrogens is 366 g/mol. The van der Waals surface area contributed by atoms with E-state index in [-0.39, 0.29) is 41.8 Å². The van der Waals surface area contributed by atoms with Crippen molar-refractivity contribution in [3.05, 3.63) is 29.8 Å². The second-order valence-corrected chi connectivity index (χ2v) is 9.53. The minimum atomic E-state index is -3.60. The normalized spacial score (nSPS) is 18.0. The van der Waals surface area contributed by atoms with Crippen molar-refractivity contribution in [2.24, 2.45) is 5.92 Å². The minimum Gasteiger partial charge on any atom is -0.354 e. The van der Waals surface area contributed by atoms with Gasteiger partial charge in [0.05, 0.1) is 10.8 Å². The van der Waals surface area contributed by atoms with Crippen LogP contribution in [0.1, 0.15) is 39.7 Å². The van der Waals surface area contributed by atoms with Crippen LogP contribution in [-0.2, 0) is 26.0 Å². The number of rotatable bonds is 7. The van der Waals surface area contributed by atoms with Gasteiger partial charge in [0.25, 0.3) is 0 Å². The van der Waals surface area contributed by atoms with E-state index in [0.717, 1.165) is 12.0 Å². The minimum absolute atomic E-state index is 0.0288.